The summed E-state index contributed by atoms with van der Waals surface area (Å²) >= 11 is 0. The Bertz CT molecular complexity index is 565. The summed E-state index contributed by atoms with van der Waals surface area (Å²) in [7, 11) is 0. The van der Waals surface area contributed by atoms with Gasteiger partial charge in [0, 0.05) is 44.3 Å². The molecule has 24 heavy (non-hydrogen) atoms. The molecule has 0 radical (unpaired) electrons. The van der Waals surface area contributed by atoms with Crippen molar-refractivity contribution >= 4 is 0 Å². The maximum Gasteiger partial charge on any atom is 0.169 e. The van der Waals surface area contributed by atoms with Crippen LogP contribution in [0.1, 0.15) is 72.1 Å². The summed E-state index contributed by atoms with van der Waals surface area (Å²) in [6.07, 6.45) is 18.7. The smallest absolute Gasteiger partial charge is 0.169 e. The fourth-order valence-electron chi connectivity index (χ4n) is 3.42. The summed E-state index contributed by atoms with van der Waals surface area (Å²) in [5.74, 6) is 0. The van der Waals surface area contributed by atoms with E-state index in [2.05, 4.69) is 67.0 Å². The van der Waals surface area contributed by atoms with Gasteiger partial charge >= 0.3 is 0 Å². The summed E-state index contributed by atoms with van der Waals surface area (Å²) < 4.78 is 2.45. The van der Waals surface area contributed by atoms with E-state index in [1.165, 1.54) is 62.5 Å². The lowest BCUT2D eigenvalue weighted by atomic mass is 9.88. The first-order chi connectivity index (χ1) is 11.7. The molecule has 0 fully saturated rings. The van der Waals surface area contributed by atoms with Crippen LogP contribution in [0.2, 0.25) is 0 Å². The zero-order valence-corrected chi connectivity index (χ0v) is 15.7. The van der Waals surface area contributed by atoms with Crippen molar-refractivity contribution in [3.63, 3.8) is 0 Å². The monoisotopic (exact) mass is 325 g/mol. The van der Waals surface area contributed by atoms with Crippen LogP contribution in [0.4, 0.5) is 0 Å². The Morgan fingerprint density at radius 3 is 1.79 bits per heavy atom. The standard InChI is InChI=1S/C22H33N2/c1-4-6-8-14-22(3,15-9-7-5-2)24-18-12-21(13-19-24)20-10-16-23-17-11-20/h10-13,16-19H,4-9,14-15H2,1-3H3/q+1. The zero-order valence-electron chi connectivity index (χ0n) is 15.7. The van der Waals surface area contributed by atoms with Gasteiger partial charge < -0.3 is 0 Å². The van der Waals surface area contributed by atoms with Crippen molar-refractivity contribution in [1.82, 2.24) is 4.98 Å². The highest BCUT2D eigenvalue weighted by Crippen LogP contribution is 2.25. The van der Waals surface area contributed by atoms with Gasteiger partial charge in [-0.05, 0) is 36.1 Å². The molecule has 0 aliphatic carbocycles. The molecule has 0 aromatic carbocycles. The maximum atomic E-state index is 4.11. The fraction of sp³-hybridized carbons (Fsp3) is 0.545. The van der Waals surface area contributed by atoms with Crippen molar-refractivity contribution in [2.75, 3.05) is 0 Å². The molecule has 0 N–H and O–H groups in total. The van der Waals surface area contributed by atoms with Crippen LogP contribution in [-0.4, -0.2) is 4.98 Å². The minimum atomic E-state index is 0.237. The predicted molar refractivity (Wildman–Crippen MR) is 102 cm³/mol. The third-order valence-corrected chi connectivity index (χ3v) is 5.10. The molecule has 2 aromatic rings. The van der Waals surface area contributed by atoms with E-state index >= 15 is 0 Å². The number of pyridine rings is 2. The van der Waals surface area contributed by atoms with Crippen LogP contribution in [0.3, 0.4) is 0 Å². The van der Waals surface area contributed by atoms with Gasteiger partial charge in [-0.2, -0.15) is 0 Å². The first-order valence-electron chi connectivity index (χ1n) is 9.62. The van der Waals surface area contributed by atoms with Gasteiger partial charge in [0.1, 0.15) is 0 Å². The van der Waals surface area contributed by atoms with Crippen LogP contribution < -0.4 is 4.57 Å². The average Bonchev–Trinajstić information content (AvgIpc) is 2.63. The lowest BCUT2D eigenvalue weighted by Gasteiger charge is -2.24. The topological polar surface area (TPSA) is 16.8 Å². The third kappa shape index (κ3) is 5.15. The second-order valence-corrected chi connectivity index (χ2v) is 7.14. The van der Waals surface area contributed by atoms with Crippen LogP contribution in [0.15, 0.2) is 49.1 Å². The van der Waals surface area contributed by atoms with Crippen molar-refractivity contribution in [3.05, 3.63) is 49.1 Å². The number of hydrogen-bond donors (Lipinski definition) is 0. The van der Waals surface area contributed by atoms with E-state index in [1.54, 1.807) is 0 Å². The van der Waals surface area contributed by atoms with Crippen LogP contribution in [0.25, 0.3) is 11.1 Å². The number of rotatable bonds is 10. The molecule has 0 bridgehead atoms. The summed E-state index contributed by atoms with van der Waals surface area (Å²) in [6.45, 7) is 7.00. The number of hydrogen-bond acceptors (Lipinski definition) is 1. The van der Waals surface area contributed by atoms with E-state index in [0.29, 0.717) is 0 Å². The van der Waals surface area contributed by atoms with Crippen molar-refractivity contribution in [1.29, 1.82) is 0 Å². The summed E-state index contributed by atoms with van der Waals surface area (Å²) in [5.41, 5.74) is 2.73. The molecule has 2 heteroatoms. The van der Waals surface area contributed by atoms with E-state index in [0.717, 1.165) is 0 Å². The normalized spacial score (nSPS) is 11.6. The molecule has 0 amide bonds. The summed E-state index contributed by atoms with van der Waals surface area (Å²) in [6, 6.07) is 8.63. The third-order valence-electron chi connectivity index (χ3n) is 5.10. The molecule has 0 unspecified atom stereocenters. The molecular weight excluding hydrogens is 292 g/mol. The first kappa shape index (κ1) is 18.6. The largest absolute Gasteiger partial charge is 0.265 e. The first-order valence-corrected chi connectivity index (χ1v) is 9.62. The van der Waals surface area contributed by atoms with Gasteiger partial charge in [-0.1, -0.05) is 39.5 Å². The minimum absolute atomic E-state index is 0.237. The lowest BCUT2D eigenvalue weighted by Crippen LogP contribution is -2.53. The van der Waals surface area contributed by atoms with Gasteiger partial charge in [0.15, 0.2) is 17.9 Å². The average molecular weight is 326 g/mol. The molecule has 2 rings (SSSR count). The molecule has 0 aliphatic rings. The van der Waals surface area contributed by atoms with Gasteiger partial charge in [0.25, 0.3) is 0 Å². The van der Waals surface area contributed by atoms with Gasteiger partial charge in [-0.25, -0.2) is 4.57 Å². The Morgan fingerprint density at radius 1 is 0.792 bits per heavy atom. The lowest BCUT2D eigenvalue weighted by molar-refractivity contribution is -0.763. The Kier molecular flexibility index (Phi) is 7.42. The number of nitrogens with zero attached hydrogens (tertiary/aromatic N) is 2. The van der Waals surface area contributed by atoms with E-state index in [9.17, 15) is 0 Å². The summed E-state index contributed by atoms with van der Waals surface area (Å²) in [4.78, 5) is 4.11. The molecule has 0 atom stereocenters. The minimum Gasteiger partial charge on any atom is -0.265 e. The molecule has 0 saturated carbocycles. The Morgan fingerprint density at radius 2 is 1.29 bits per heavy atom. The highest BCUT2D eigenvalue weighted by molar-refractivity contribution is 5.61. The van der Waals surface area contributed by atoms with Crippen LogP contribution in [-0.2, 0) is 5.54 Å². The molecule has 0 spiro atoms. The molecule has 0 aliphatic heterocycles. The second-order valence-electron chi connectivity index (χ2n) is 7.14. The SMILES string of the molecule is CCCCCC(C)(CCCCC)[n+]1ccc(-c2ccncc2)cc1. The molecule has 130 valence electrons. The maximum absolute atomic E-state index is 4.11. The van der Waals surface area contributed by atoms with Crippen LogP contribution in [0, 0.1) is 0 Å². The Labute approximate surface area is 148 Å². The molecule has 2 nitrogen and oxygen atoms in total. The predicted octanol–water partition coefficient (Wildman–Crippen LogP) is 5.91. The van der Waals surface area contributed by atoms with Crippen molar-refractivity contribution in [2.24, 2.45) is 0 Å². The van der Waals surface area contributed by atoms with Crippen LogP contribution >= 0.6 is 0 Å². The van der Waals surface area contributed by atoms with E-state index in [-0.39, 0.29) is 5.54 Å². The highest BCUT2D eigenvalue weighted by atomic mass is 15.0. The van der Waals surface area contributed by atoms with E-state index in [4.69, 9.17) is 0 Å². The van der Waals surface area contributed by atoms with Gasteiger partial charge in [-0.3, -0.25) is 4.98 Å². The van der Waals surface area contributed by atoms with Crippen molar-refractivity contribution < 1.29 is 4.57 Å². The summed E-state index contributed by atoms with van der Waals surface area (Å²) in [5, 5.41) is 0. The van der Waals surface area contributed by atoms with Crippen molar-refractivity contribution in [2.45, 2.75) is 77.7 Å². The van der Waals surface area contributed by atoms with E-state index < -0.39 is 0 Å². The van der Waals surface area contributed by atoms with Crippen molar-refractivity contribution in [3.8, 4) is 11.1 Å². The fourth-order valence-corrected chi connectivity index (χ4v) is 3.42. The molecular formula is C22H33N2+. The van der Waals surface area contributed by atoms with Gasteiger partial charge in [0.05, 0.1) is 0 Å². The van der Waals surface area contributed by atoms with Gasteiger partial charge in [-0.15, -0.1) is 0 Å². The van der Waals surface area contributed by atoms with Crippen LogP contribution in [0.5, 0.6) is 0 Å². The molecule has 0 saturated heterocycles. The van der Waals surface area contributed by atoms with E-state index in [1.807, 2.05) is 12.4 Å². The molecule has 2 heterocycles. The Hall–Kier alpha value is -1.70. The highest BCUT2D eigenvalue weighted by Gasteiger charge is 2.32. The second kappa shape index (κ2) is 9.56. The number of unbranched alkanes of at least 4 members (excludes halogenated alkanes) is 4. The number of aromatic nitrogens is 2. The Balaban J connectivity index is 2.15. The molecule has 2 aromatic heterocycles. The zero-order chi connectivity index (χ0) is 17.3. The quantitative estimate of drug-likeness (QED) is 0.392. The van der Waals surface area contributed by atoms with Gasteiger partial charge in [0.2, 0.25) is 0 Å².